The van der Waals surface area contributed by atoms with Crippen molar-refractivity contribution in [3.05, 3.63) is 65.3 Å². The summed E-state index contributed by atoms with van der Waals surface area (Å²) in [6, 6.07) is 9.69. The molecule has 1 aromatic rings. The second kappa shape index (κ2) is 5.41. The van der Waals surface area contributed by atoms with E-state index in [1.54, 1.807) is 18.2 Å². The summed E-state index contributed by atoms with van der Waals surface area (Å²) < 4.78 is 0. The van der Waals surface area contributed by atoms with E-state index in [0.29, 0.717) is 11.1 Å². The van der Waals surface area contributed by atoms with Gasteiger partial charge in [-0.15, -0.1) is 0 Å². The molecule has 0 fully saturated rings. The predicted molar refractivity (Wildman–Crippen MR) is 81.1 cm³/mol. The number of rotatable bonds is 2. The zero-order chi connectivity index (χ0) is 14.8. The fourth-order valence-corrected chi connectivity index (χ4v) is 2.05. The summed E-state index contributed by atoms with van der Waals surface area (Å²) in [6.07, 6.45) is 7.02. The van der Waals surface area contributed by atoms with Crippen LogP contribution in [0.5, 0.6) is 0 Å². The van der Waals surface area contributed by atoms with E-state index in [0.717, 1.165) is 5.56 Å². The largest absolute Gasteiger partial charge is 0.285 e. The number of carbonyl (C=O) groups is 2. The van der Waals surface area contributed by atoms with Crippen LogP contribution in [-0.4, -0.2) is 11.6 Å². The molecule has 2 heteroatoms. The quantitative estimate of drug-likeness (QED) is 0.603. The van der Waals surface area contributed by atoms with Crippen molar-refractivity contribution in [3.8, 4) is 0 Å². The molecule has 0 saturated carbocycles. The van der Waals surface area contributed by atoms with Gasteiger partial charge in [0.25, 0.3) is 0 Å². The number of hydrogen-bond acceptors (Lipinski definition) is 2. The standard InChI is InChI=1S/C18H18O2/c1-18(2,3)15-12-11-14(16(19)17(15)20)10-9-13-7-5-4-6-8-13/h4-12H,1-3H3. The van der Waals surface area contributed by atoms with E-state index < -0.39 is 11.6 Å². The van der Waals surface area contributed by atoms with Crippen LogP contribution < -0.4 is 0 Å². The van der Waals surface area contributed by atoms with Crippen molar-refractivity contribution in [1.29, 1.82) is 0 Å². The van der Waals surface area contributed by atoms with E-state index in [2.05, 4.69) is 0 Å². The van der Waals surface area contributed by atoms with Crippen LogP contribution >= 0.6 is 0 Å². The van der Waals surface area contributed by atoms with Crippen molar-refractivity contribution in [1.82, 2.24) is 0 Å². The number of hydrogen-bond donors (Lipinski definition) is 0. The van der Waals surface area contributed by atoms with Gasteiger partial charge in [-0.2, -0.15) is 0 Å². The summed E-state index contributed by atoms with van der Waals surface area (Å²) in [5.74, 6) is -0.822. The van der Waals surface area contributed by atoms with Crippen LogP contribution in [0.25, 0.3) is 6.08 Å². The van der Waals surface area contributed by atoms with E-state index in [1.807, 2.05) is 57.2 Å². The summed E-state index contributed by atoms with van der Waals surface area (Å²) >= 11 is 0. The summed E-state index contributed by atoms with van der Waals surface area (Å²) in [5, 5.41) is 0. The molecule has 0 amide bonds. The van der Waals surface area contributed by atoms with E-state index >= 15 is 0 Å². The molecule has 2 nitrogen and oxygen atoms in total. The monoisotopic (exact) mass is 266 g/mol. The highest BCUT2D eigenvalue weighted by Crippen LogP contribution is 2.29. The lowest BCUT2D eigenvalue weighted by Gasteiger charge is -2.23. The number of benzene rings is 1. The molecule has 0 saturated heterocycles. The second-order valence-corrected chi connectivity index (χ2v) is 5.85. The third kappa shape index (κ3) is 3.02. The Bertz CT molecular complexity index is 623. The minimum absolute atomic E-state index is 0.308. The van der Waals surface area contributed by atoms with Gasteiger partial charge in [0.1, 0.15) is 0 Å². The molecule has 0 N–H and O–H groups in total. The molecule has 1 aromatic carbocycles. The molecule has 20 heavy (non-hydrogen) atoms. The van der Waals surface area contributed by atoms with Gasteiger partial charge in [0.05, 0.1) is 0 Å². The van der Waals surface area contributed by atoms with Gasteiger partial charge in [-0.1, -0.05) is 75.4 Å². The maximum atomic E-state index is 12.1. The Kier molecular flexibility index (Phi) is 3.84. The van der Waals surface area contributed by atoms with Gasteiger partial charge in [-0.25, -0.2) is 0 Å². The van der Waals surface area contributed by atoms with Gasteiger partial charge in [0.2, 0.25) is 11.6 Å². The Balaban J connectivity index is 2.28. The fourth-order valence-electron chi connectivity index (χ4n) is 2.05. The maximum absolute atomic E-state index is 12.1. The van der Waals surface area contributed by atoms with Crippen molar-refractivity contribution < 1.29 is 9.59 Å². The van der Waals surface area contributed by atoms with Crippen molar-refractivity contribution >= 4 is 17.6 Å². The van der Waals surface area contributed by atoms with Gasteiger partial charge < -0.3 is 0 Å². The molecule has 0 aromatic heterocycles. The van der Waals surface area contributed by atoms with Gasteiger partial charge in [-0.05, 0) is 11.0 Å². The van der Waals surface area contributed by atoms with Crippen molar-refractivity contribution in [2.45, 2.75) is 20.8 Å². The Morgan fingerprint density at radius 1 is 0.850 bits per heavy atom. The molecule has 0 bridgehead atoms. The van der Waals surface area contributed by atoms with Gasteiger partial charge >= 0.3 is 0 Å². The lowest BCUT2D eigenvalue weighted by Crippen LogP contribution is -2.27. The summed E-state index contributed by atoms with van der Waals surface area (Å²) in [4.78, 5) is 24.2. The minimum atomic E-state index is -0.426. The van der Waals surface area contributed by atoms with E-state index in [9.17, 15) is 9.59 Å². The first-order valence-electron chi connectivity index (χ1n) is 6.64. The molecular weight excluding hydrogens is 248 g/mol. The van der Waals surface area contributed by atoms with Gasteiger partial charge in [-0.3, -0.25) is 9.59 Å². The average Bonchev–Trinajstić information content (AvgIpc) is 2.40. The van der Waals surface area contributed by atoms with Crippen molar-refractivity contribution in [2.75, 3.05) is 0 Å². The van der Waals surface area contributed by atoms with E-state index in [1.165, 1.54) is 0 Å². The third-order valence-electron chi connectivity index (χ3n) is 3.21. The first kappa shape index (κ1) is 14.2. The average molecular weight is 266 g/mol. The molecule has 0 aliphatic heterocycles. The summed E-state index contributed by atoms with van der Waals surface area (Å²) in [5.41, 5.74) is 1.70. The molecule has 1 aliphatic carbocycles. The lowest BCUT2D eigenvalue weighted by atomic mass is 9.79. The number of ketones is 2. The zero-order valence-corrected chi connectivity index (χ0v) is 12.0. The summed E-state index contributed by atoms with van der Waals surface area (Å²) in [6.45, 7) is 5.80. The molecule has 102 valence electrons. The topological polar surface area (TPSA) is 34.1 Å². The zero-order valence-electron chi connectivity index (χ0n) is 12.0. The highest BCUT2D eigenvalue weighted by atomic mass is 16.2. The predicted octanol–water partition coefficient (Wildman–Crippen LogP) is 3.75. The van der Waals surface area contributed by atoms with Crippen LogP contribution in [0, 0.1) is 5.41 Å². The van der Waals surface area contributed by atoms with Gasteiger partial charge in [0.15, 0.2) is 0 Å². The molecule has 1 aliphatic rings. The first-order valence-corrected chi connectivity index (χ1v) is 6.64. The molecule has 0 spiro atoms. The highest BCUT2D eigenvalue weighted by molar-refractivity contribution is 6.50. The van der Waals surface area contributed by atoms with Crippen molar-refractivity contribution in [2.24, 2.45) is 5.41 Å². The van der Waals surface area contributed by atoms with Crippen LogP contribution in [0.4, 0.5) is 0 Å². The maximum Gasteiger partial charge on any atom is 0.233 e. The Hall–Kier alpha value is -2.22. The van der Waals surface area contributed by atoms with E-state index in [-0.39, 0.29) is 5.41 Å². The fraction of sp³-hybridized carbons (Fsp3) is 0.222. The van der Waals surface area contributed by atoms with Crippen LogP contribution in [0.1, 0.15) is 26.3 Å². The lowest BCUT2D eigenvalue weighted by molar-refractivity contribution is -0.132. The van der Waals surface area contributed by atoms with Crippen LogP contribution in [0.3, 0.4) is 0 Å². The highest BCUT2D eigenvalue weighted by Gasteiger charge is 2.31. The molecule has 2 rings (SSSR count). The smallest absolute Gasteiger partial charge is 0.233 e. The van der Waals surface area contributed by atoms with Crippen LogP contribution in [-0.2, 0) is 9.59 Å². The molecule has 0 radical (unpaired) electrons. The number of Topliss-reactive ketones (excluding diaryl/α,β-unsaturated/α-hetero) is 2. The van der Waals surface area contributed by atoms with Gasteiger partial charge in [0, 0.05) is 11.1 Å². The van der Waals surface area contributed by atoms with Crippen LogP contribution in [0.2, 0.25) is 0 Å². The van der Waals surface area contributed by atoms with Crippen LogP contribution in [0.15, 0.2) is 59.7 Å². The molecule has 0 unspecified atom stereocenters. The third-order valence-corrected chi connectivity index (χ3v) is 3.21. The molecule has 0 heterocycles. The number of allylic oxidation sites excluding steroid dienone is 5. The normalized spacial score (nSPS) is 16.4. The molecule has 0 atom stereocenters. The SMILES string of the molecule is CC(C)(C)C1=CC=C(C=Cc2ccccc2)C(=O)C1=O. The Morgan fingerprint density at radius 2 is 1.50 bits per heavy atom. The molecular formula is C18H18O2. The Labute approximate surface area is 119 Å². The number of carbonyl (C=O) groups excluding carboxylic acids is 2. The van der Waals surface area contributed by atoms with E-state index in [4.69, 9.17) is 0 Å². The van der Waals surface area contributed by atoms with Crippen molar-refractivity contribution in [3.63, 3.8) is 0 Å². The summed E-state index contributed by atoms with van der Waals surface area (Å²) in [7, 11) is 0. The first-order chi connectivity index (χ1) is 9.39. The minimum Gasteiger partial charge on any atom is -0.285 e. The Morgan fingerprint density at radius 3 is 2.10 bits per heavy atom. The second-order valence-electron chi connectivity index (χ2n) is 5.85.